The molecule has 5 heteroatoms. The average Bonchev–Trinajstić information content (AvgIpc) is 2.89. The van der Waals surface area contributed by atoms with E-state index in [1.54, 1.807) is 0 Å². The molecule has 0 spiro atoms. The lowest BCUT2D eigenvalue weighted by Gasteiger charge is -2.22. The summed E-state index contributed by atoms with van der Waals surface area (Å²) >= 11 is 0. The van der Waals surface area contributed by atoms with Gasteiger partial charge in [0.2, 0.25) is 5.91 Å². The van der Waals surface area contributed by atoms with E-state index >= 15 is 0 Å². The third-order valence-corrected chi connectivity index (χ3v) is 4.56. The third-order valence-electron chi connectivity index (χ3n) is 4.56. The molecule has 1 amide bonds. The molecule has 124 valence electrons. The van der Waals surface area contributed by atoms with Crippen molar-refractivity contribution in [2.24, 2.45) is 11.1 Å². The first-order valence-corrected chi connectivity index (χ1v) is 7.80. The summed E-state index contributed by atoms with van der Waals surface area (Å²) in [6.07, 6.45) is 1.06. The van der Waals surface area contributed by atoms with Crippen LogP contribution in [0.5, 0.6) is 0 Å². The van der Waals surface area contributed by atoms with Gasteiger partial charge in [0, 0.05) is 17.6 Å². The molecule has 0 aliphatic carbocycles. The van der Waals surface area contributed by atoms with Gasteiger partial charge in [0.05, 0.1) is 6.54 Å². The lowest BCUT2D eigenvalue weighted by Crippen LogP contribution is -2.35. The standard InChI is InChI=1S/C18H23N3O.ClH/c1-18(12-19)9-10-21(13-18)11-17(22)20-16-8-4-6-14-5-2-3-7-15(14)16;/h2-8H,9-13,19H2,1H3,(H,20,22);1H. The maximum atomic E-state index is 12.3. The number of rotatable bonds is 4. The number of likely N-dealkylation sites (tertiary alicyclic amines) is 1. The van der Waals surface area contributed by atoms with Crippen LogP contribution in [0.15, 0.2) is 42.5 Å². The van der Waals surface area contributed by atoms with Crippen LogP contribution in [0.4, 0.5) is 5.69 Å². The van der Waals surface area contributed by atoms with Crippen LogP contribution < -0.4 is 11.1 Å². The van der Waals surface area contributed by atoms with Gasteiger partial charge in [-0.15, -0.1) is 12.4 Å². The molecule has 4 nitrogen and oxygen atoms in total. The molecule has 1 fully saturated rings. The van der Waals surface area contributed by atoms with Crippen molar-refractivity contribution in [1.29, 1.82) is 0 Å². The third kappa shape index (κ3) is 4.02. The van der Waals surface area contributed by atoms with E-state index in [1.807, 2.05) is 30.3 Å². The highest BCUT2D eigenvalue weighted by Gasteiger charge is 2.33. The number of hydrogen-bond donors (Lipinski definition) is 2. The number of nitrogens with two attached hydrogens (primary N) is 1. The Morgan fingerprint density at radius 1 is 1.26 bits per heavy atom. The van der Waals surface area contributed by atoms with Crippen molar-refractivity contribution >= 4 is 34.8 Å². The summed E-state index contributed by atoms with van der Waals surface area (Å²) < 4.78 is 0. The van der Waals surface area contributed by atoms with Gasteiger partial charge in [-0.2, -0.15) is 0 Å². The molecule has 2 aromatic rings. The van der Waals surface area contributed by atoms with Crippen LogP contribution in [0.25, 0.3) is 10.8 Å². The minimum absolute atomic E-state index is 0. The lowest BCUT2D eigenvalue weighted by atomic mass is 9.90. The predicted molar refractivity (Wildman–Crippen MR) is 98.0 cm³/mol. The zero-order valence-corrected chi connectivity index (χ0v) is 14.2. The van der Waals surface area contributed by atoms with Gasteiger partial charge < -0.3 is 11.1 Å². The molecule has 0 radical (unpaired) electrons. The molecule has 1 saturated heterocycles. The van der Waals surface area contributed by atoms with E-state index in [9.17, 15) is 4.79 Å². The van der Waals surface area contributed by atoms with Crippen LogP contribution in [0, 0.1) is 5.41 Å². The van der Waals surface area contributed by atoms with Crippen LogP contribution in [0.3, 0.4) is 0 Å². The molecule has 0 saturated carbocycles. The van der Waals surface area contributed by atoms with E-state index in [-0.39, 0.29) is 23.7 Å². The molecule has 1 unspecified atom stereocenters. The molecule has 1 atom stereocenters. The normalized spacial score (nSPS) is 21.1. The molecule has 1 aliphatic rings. The molecular weight excluding hydrogens is 310 g/mol. The smallest absolute Gasteiger partial charge is 0.238 e. The Morgan fingerprint density at radius 2 is 2.00 bits per heavy atom. The molecule has 0 bridgehead atoms. The van der Waals surface area contributed by atoms with Gasteiger partial charge in [-0.3, -0.25) is 9.69 Å². The van der Waals surface area contributed by atoms with Crippen LogP contribution in [-0.2, 0) is 4.79 Å². The SMILES string of the molecule is CC1(CN)CCN(CC(=O)Nc2cccc3ccccc23)C1.Cl. The number of amides is 1. The fourth-order valence-electron chi connectivity index (χ4n) is 3.15. The summed E-state index contributed by atoms with van der Waals surface area (Å²) in [7, 11) is 0. The maximum Gasteiger partial charge on any atom is 0.238 e. The second-order valence-electron chi connectivity index (χ2n) is 6.55. The quantitative estimate of drug-likeness (QED) is 0.904. The van der Waals surface area contributed by atoms with Gasteiger partial charge in [-0.25, -0.2) is 0 Å². The first-order valence-electron chi connectivity index (χ1n) is 7.80. The van der Waals surface area contributed by atoms with Gasteiger partial charge in [0.25, 0.3) is 0 Å². The van der Waals surface area contributed by atoms with E-state index in [0.29, 0.717) is 13.1 Å². The summed E-state index contributed by atoms with van der Waals surface area (Å²) in [6.45, 7) is 5.13. The second kappa shape index (κ2) is 7.30. The molecule has 1 aliphatic heterocycles. The maximum absolute atomic E-state index is 12.3. The summed E-state index contributed by atoms with van der Waals surface area (Å²) in [5.41, 5.74) is 6.85. The van der Waals surface area contributed by atoms with Crippen LogP contribution in [0.2, 0.25) is 0 Å². The van der Waals surface area contributed by atoms with E-state index < -0.39 is 0 Å². The van der Waals surface area contributed by atoms with Crippen molar-refractivity contribution in [3.05, 3.63) is 42.5 Å². The molecule has 3 N–H and O–H groups in total. The minimum atomic E-state index is 0. The van der Waals surface area contributed by atoms with Crippen LogP contribution in [-0.4, -0.2) is 37.0 Å². The van der Waals surface area contributed by atoms with Gasteiger partial charge in [-0.1, -0.05) is 43.3 Å². The number of carbonyl (C=O) groups excluding carboxylic acids is 1. The van der Waals surface area contributed by atoms with E-state index in [1.165, 1.54) is 0 Å². The number of benzene rings is 2. The first-order chi connectivity index (χ1) is 10.6. The van der Waals surface area contributed by atoms with Crippen molar-refractivity contribution in [1.82, 2.24) is 4.90 Å². The number of halogens is 1. The average molecular weight is 334 g/mol. The molecule has 1 heterocycles. The van der Waals surface area contributed by atoms with Gasteiger partial charge >= 0.3 is 0 Å². The second-order valence-corrected chi connectivity index (χ2v) is 6.55. The van der Waals surface area contributed by atoms with Crippen molar-refractivity contribution in [2.75, 3.05) is 31.5 Å². The number of carbonyl (C=O) groups is 1. The highest BCUT2D eigenvalue weighted by molar-refractivity contribution is 6.02. The van der Waals surface area contributed by atoms with Gasteiger partial charge in [0.1, 0.15) is 0 Å². The molecule has 0 aromatic heterocycles. The monoisotopic (exact) mass is 333 g/mol. The number of anilines is 1. The molecule has 3 rings (SSSR count). The molecule has 2 aromatic carbocycles. The lowest BCUT2D eigenvalue weighted by molar-refractivity contribution is -0.117. The summed E-state index contributed by atoms with van der Waals surface area (Å²) in [6, 6.07) is 14.1. The Labute approximate surface area is 143 Å². The Morgan fingerprint density at radius 3 is 2.74 bits per heavy atom. The van der Waals surface area contributed by atoms with Crippen molar-refractivity contribution in [3.63, 3.8) is 0 Å². The Balaban J connectivity index is 0.00000192. The van der Waals surface area contributed by atoms with E-state index in [4.69, 9.17) is 5.73 Å². The molecular formula is C18H24ClN3O. The van der Waals surface area contributed by atoms with Gasteiger partial charge in [0.15, 0.2) is 0 Å². The Bertz CT molecular complexity index is 686. The fourth-order valence-corrected chi connectivity index (χ4v) is 3.15. The van der Waals surface area contributed by atoms with Crippen LogP contribution >= 0.6 is 12.4 Å². The largest absolute Gasteiger partial charge is 0.330 e. The zero-order valence-electron chi connectivity index (χ0n) is 13.4. The number of fused-ring (bicyclic) bond motifs is 1. The fraction of sp³-hybridized carbons (Fsp3) is 0.389. The predicted octanol–water partition coefficient (Wildman–Crippen LogP) is 2.87. The number of hydrogen-bond acceptors (Lipinski definition) is 3. The summed E-state index contributed by atoms with van der Waals surface area (Å²) in [4.78, 5) is 14.5. The van der Waals surface area contributed by atoms with Crippen molar-refractivity contribution < 1.29 is 4.79 Å². The summed E-state index contributed by atoms with van der Waals surface area (Å²) in [5.74, 6) is 0.0395. The highest BCUT2D eigenvalue weighted by atomic mass is 35.5. The Hall–Kier alpha value is -1.62. The van der Waals surface area contributed by atoms with Crippen molar-refractivity contribution in [3.8, 4) is 0 Å². The van der Waals surface area contributed by atoms with Crippen molar-refractivity contribution in [2.45, 2.75) is 13.3 Å². The van der Waals surface area contributed by atoms with Crippen LogP contribution in [0.1, 0.15) is 13.3 Å². The Kier molecular flexibility index (Phi) is 5.63. The number of nitrogens with one attached hydrogen (secondary N) is 1. The van der Waals surface area contributed by atoms with E-state index in [0.717, 1.165) is 36.0 Å². The zero-order chi connectivity index (χ0) is 15.6. The summed E-state index contributed by atoms with van der Waals surface area (Å²) in [5, 5.41) is 5.26. The topological polar surface area (TPSA) is 58.4 Å². The minimum Gasteiger partial charge on any atom is -0.330 e. The first kappa shape index (κ1) is 17.7. The molecule has 23 heavy (non-hydrogen) atoms. The van der Waals surface area contributed by atoms with E-state index in [2.05, 4.69) is 29.3 Å². The van der Waals surface area contributed by atoms with Gasteiger partial charge in [-0.05, 0) is 36.4 Å². The highest BCUT2D eigenvalue weighted by Crippen LogP contribution is 2.28. The number of nitrogens with zero attached hydrogens (tertiary/aromatic N) is 1.